The first-order valence-corrected chi connectivity index (χ1v) is 6.81. The Bertz CT molecular complexity index is 574. The average Bonchev–Trinajstić information content (AvgIpc) is 2.57. The van der Waals surface area contributed by atoms with Crippen LogP contribution in [-0.4, -0.2) is 18.7 Å². The molecule has 0 atom stereocenters. The SMILES string of the molecule is O=S(=O)([O-])CC[n+]1csc2ccccc21. The molecule has 0 aliphatic heterocycles. The lowest BCUT2D eigenvalue weighted by Crippen LogP contribution is -2.35. The number of hydrogen-bond acceptors (Lipinski definition) is 4. The summed E-state index contributed by atoms with van der Waals surface area (Å²) in [5.41, 5.74) is 2.79. The van der Waals surface area contributed by atoms with E-state index < -0.39 is 10.1 Å². The lowest BCUT2D eigenvalue weighted by molar-refractivity contribution is -0.662. The molecule has 1 aromatic heterocycles. The number of fused-ring (bicyclic) bond motifs is 1. The van der Waals surface area contributed by atoms with Crippen LogP contribution in [0, 0.1) is 0 Å². The molecule has 0 spiro atoms. The van der Waals surface area contributed by atoms with Crippen LogP contribution < -0.4 is 4.57 Å². The summed E-state index contributed by atoms with van der Waals surface area (Å²) in [6, 6.07) is 7.68. The molecule has 6 heteroatoms. The Labute approximate surface area is 91.5 Å². The summed E-state index contributed by atoms with van der Waals surface area (Å²) >= 11 is 1.53. The molecule has 0 N–H and O–H groups in total. The monoisotopic (exact) mass is 243 g/mol. The molecule has 0 amide bonds. The largest absolute Gasteiger partial charge is 0.748 e. The molecule has 0 aliphatic rings. The highest BCUT2D eigenvalue weighted by atomic mass is 32.2. The van der Waals surface area contributed by atoms with Crippen molar-refractivity contribution in [2.45, 2.75) is 6.54 Å². The molecule has 0 bridgehead atoms. The molecule has 80 valence electrons. The van der Waals surface area contributed by atoms with E-state index in [0.717, 1.165) is 10.2 Å². The summed E-state index contributed by atoms with van der Waals surface area (Å²) < 4.78 is 34.4. The van der Waals surface area contributed by atoms with Crippen molar-refractivity contribution < 1.29 is 17.5 Å². The van der Waals surface area contributed by atoms with Crippen molar-refractivity contribution in [2.75, 3.05) is 5.75 Å². The molecule has 2 aromatic rings. The molecule has 0 unspecified atom stereocenters. The van der Waals surface area contributed by atoms with Gasteiger partial charge in [-0.2, -0.15) is 4.57 Å². The van der Waals surface area contributed by atoms with E-state index in [0.29, 0.717) is 0 Å². The Kier molecular flexibility index (Phi) is 2.72. The second kappa shape index (κ2) is 3.88. The van der Waals surface area contributed by atoms with E-state index in [-0.39, 0.29) is 12.3 Å². The highest BCUT2D eigenvalue weighted by Crippen LogP contribution is 2.14. The van der Waals surface area contributed by atoms with Gasteiger partial charge in [0.05, 0.1) is 5.75 Å². The number of benzene rings is 1. The molecule has 1 heterocycles. The third-order valence-electron chi connectivity index (χ3n) is 2.06. The lowest BCUT2D eigenvalue weighted by Gasteiger charge is -2.02. The number of rotatable bonds is 3. The van der Waals surface area contributed by atoms with Gasteiger partial charge in [-0.3, -0.25) is 0 Å². The van der Waals surface area contributed by atoms with Gasteiger partial charge in [0.2, 0.25) is 11.0 Å². The van der Waals surface area contributed by atoms with Crippen molar-refractivity contribution in [1.82, 2.24) is 0 Å². The molecule has 0 saturated heterocycles. The molecule has 0 aliphatic carbocycles. The van der Waals surface area contributed by atoms with Crippen LogP contribution in [0.4, 0.5) is 0 Å². The quantitative estimate of drug-likeness (QED) is 0.590. The van der Waals surface area contributed by atoms with Crippen molar-refractivity contribution in [2.24, 2.45) is 0 Å². The van der Waals surface area contributed by atoms with Crippen LogP contribution in [0.15, 0.2) is 29.8 Å². The van der Waals surface area contributed by atoms with Crippen LogP contribution in [0.3, 0.4) is 0 Å². The molecule has 0 radical (unpaired) electrons. The fourth-order valence-electron chi connectivity index (χ4n) is 1.35. The lowest BCUT2D eigenvalue weighted by atomic mass is 10.3. The van der Waals surface area contributed by atoms with Crippen molar-refractivity contribution in [3.8, 4) is 0 Å². The maximum Gasteiger partial charge on any atom is 0.225 e. The minimum absolute atomic E-state index is 0.218. The average molecular weight is 243 g/mol. The van der Waals surface area contributed by atoms with Crippen LogP contribution in [0.5, 0.6) is 0 Å². The number of aromatic nitrogens is 1. The fourth-order valence-corrected chi connectivity index (χ4v) is 2.70. The minimum atomic E-state index is -4.14. The highest BCUT2D eigenvalue weighted by Gasteiger charge is 2.11. The first-order chi connectivity index (χ1) is 7.06. The Morgan fingerprint density at radius 3 is 2.80 bits per heavy atom. The van der Waals surface area contributed by atoms with E-state index in [1.165, 1.54) is 11.3 Å². The summed E-state index contributed by atoms with van der Waals surface area (Å²) in [4.78, 5) is 0. The van der Waals surface area contributed by atoms with Gasteiger partial charge < -0.3 is 4.55 Å². The third kappa shape index (κ3) is 2.53. The predicted molar refractivity (Wildman–Crippen MR) is 56.6 cm³/mol. The van der Waals surface area contributed by atoms with E-state index in [4.69, 9.17) is 0 Å². The second-order valence-electron chi connectivity index (χ2n) is 3.15. The summed E-state index contributed by atoms with van der Waals surface area (Å²) in [7, 11) is -4.14. The smallest absolute Gasteiger partial charge is 0.225 e. The van der Waals surface area contributed by atoms with Gasteiger partial charge in [-0.05, 0) is 6.07 Å². The number of hydrogen-bond donors (Lipinski definition) is 0. The van der Waals surface area contributed by atoms with E-state index >= 15 is 0 Å². The third-order valence-corrected chi connectivity index (χ3v) is 3.71. The topological polar surface area (TPSA) is 61.1 Å². The molecule has 4 nitrogen and oxygen atoms in total. The normalized spacial score (nSPS) is 12.1. The molecule has 1 aromatic carbocycles. The minimum Gasteiger partial charge on any atom is -0.748 e. The summed E-state index contributed by atoms with van der Waals surface area (Å²) in [5, 5.41) is 0. The molecule has 2 rings (SSSR count). The predicted octanol–water partition coefficient (Wildman–Crippen LogP) is 0.734. The van der Waals surface area contributed by atoms with Crippen LogP contribution in [0.25, 0.3) is 10.2 Å². The van der Waals surface area contributed by atoms with Gasteiger partial charge in [0.25, 0.3) is 0 Å². The van der Waals surface area contributed by atoms with Crippen molar-refractivity contribution in [3.05, 3.63) is 29.8 Å². The Morgan fingerprint density at radius 2 is 2.07 bits per heavy atom. The first kappa shape index (κ1) is 10.5. The van der Waals surface area contributed by atoms with Gasteiger partial charge in [-0.15, -0.1) is 0 Å². The highest BCUT2D eigenvalue weighted by molar-refractivity contribution is 7.85. The van der Waals surface area contributed by atoms with Gasteiger partial charge in [-0.25, -0.2) is 8.42 Å². The first-order valence-electron chi connectivity index (χ1n) is 4.35. The van der Waals surface area contributed by atoms with Crippen LogP contribution in [-0.2, 0) is 16.7 Å². The zero-order valence-corrected chi connectivity index (χ0v) is 9.42. The van der Waals surface area contributed by atoms with Crippen molar-refractivity contribution in [1.29, 1.82) is 0 Å². The van der Waals surface area contributed by atoms with Crippen molar-refractivity contribution in [3.63, 3.8) is 0 Å². The fraction of sp³-hybridized carbons (Fsp3) is 0.222. The Hall–Kier alpha value is -0.980. The van der Waals surface area contributed by atoms with Gasteiger partial charge in [0.15, 0.2) is 6.54 Å². The second-order valence-corrected chi connectivity index (χ2v) is 5.56. The Morgan fingerprint density at radius 1 is 1.33 bits per heavy atom. The number of para-hydroxylation sites is 1. The van der Waals surface area contributed by atoms with Crippen molar-refractivity contribution >= 4 is 31.7 Å². The molecule has 0 saturated carbocycles. The zero-order chi connectivity index (χ0) is 10.9. The van der Waals surface area contributed by atoms with Crippen LogP contribution in [0.2, 0.25) is 0 Å². The van der Waals surface area contributed by atoms with Gasteiger partial charge in [-0.1, -0.05) is 23.5 Å². The number of nitrogens with zero attached hydrogens (tertiary/aromatic N) is 1. The van der Waals surface area contributed by atoms with Gasteiger partial charge >= 0.3 is 0 Å². The zero-order valence-electron chi connectivity index (χ0n) is 7.79. The maximum absolute atomic E-state index is 10.5. The summed E-state index contributed by atoms with van der Waals surface area (Å²) in [6.45, 7) is 0.218. The van der Waals surface area contributed by atoms with E-state index in [1.54, 1.807) is 4.57 Å². The molecule has 0 fully saturated rings. The van der Waals surface area contributed by atoms with E-state index in [9.17, 15) is 13.0 Å². The van der Waals surface area contributed by atoms with E-state index in [2.05, 4.69) is 0 Å². The van der Waals surface area contributed by atoms with Gasteiger partial charge in [0, 0.05) is 6.07 Å². The number of thiazole rings is 1. The maximum atomic E-state index is 10.5. The Balaban J connectivity index is 2.29. The van der Waals surface area contributed by atoms with E-state index in [1.807, 2.05) is 29.8 Å². The van der Waals surface area contributed by atoms with Crippen LogP contribution in [0.1, 0.15) is 0 Å². The standard InChI is InChI=1S/C9H9NO3S2/c11-15(12,13)6-5-10-7-14-9-4-2-1-3-8(9)10/h1-4,7H,5-6H2. The summed E-state index contributed by atoms with van der Waals surface area (Å²) in [6.07, 6.45) is 0. The molecule has 15 heavy (non-hydrogen) atoms. The van der Waals surface area contributed by atoms with Crippen LogP contribution >= 0.6 is 11.3 Å². The number of aryl methyl sites for hydroxylation is 1. The summed E-state index contributed by atoms with van der Waals surface area (Å²) in [5.74, 6) is -0.363. The van der Waals surface area contributed by atoms with Gasteiger partial charge in [0.1, 0.15) is 14.8 Å². The molecular weight excluding hydrogens is 234 g/mol. The molecular formula is C9H9NO3S2.